The van der Waals surface area contributed by atoms with Crippen LogP contribution in [0.3, 0.4) is 0 Å². The Balaban J connectivity index is 3.23. The fraction of sp³-hybridized carbons (Fsp3) is 0. The Morgan fingerprint density at radius 2 is 2.50 bits per heavy atom. The number of hydrogen-bond acceptors (Lipinski definition) is 2. The Hall–Kier alpha value is -0.247. The Kier molecular flexibility index (Phi) is 2.84. The molecule has 2 nitrogen and oxygen atoms in total. The van der Waals surface area contributed by atoms with E-state index in [2.05, 4.69) is 10.3 Å². The zero-order valence-corrected chi connectivity index (χ0v) is 7.80. The first-order valence-corrected chi connectivity index (χ1v) is 3.23. The second-order valence-corrected chi connectivity index (χ2v) is 1.58. The van der Waals surface area contributed by atoms with Crippen molar-refractivity contribution < 1.29 is 8.56 Å². The summed E-state index contributed by atoms with van der Waals surface area (Å²) >= 11 is 0.165. The summed E-state index contributed by atoms with van der Waals surface area (Å²) in [6.45, 7) is 3.19. The molecule has 0 heterocycles. The summed E-state index contributed by atoms with van der Waals surface area (Å²) in [6.07, 6.45) is 1.16. The van der Waals surface area contributed by atoms with Gasteiger partial charge in [-0.1, -0.05) is 0 Å². The van der Waals surface area contributed by atoms with Crippen molar-refractivity contribution in [2.75, 3.05) is 0 Å². The Morgan fingerprint density at radius 1 is 2.00 bits per heavy atom. The summed E-state index contributed by atoms with van der Waals surface area (Å²) < 4.78 is 4.33. The predicted octanol–water partition coefficient (Wildman–Crippen LogP) is -1.00. The topological polar surface area (TPSA) is 26.3 Å². The SMILES string of the molecule is C=CC(=O)[O][GeH3]. The summed E-state index contributed by atoms with van der Waals surface area (Å²) in [5.41, 5.74) is 0. The number of hydrogen-bond donors (Lipinski definition) is 0. The molecule has 0 aliphatic rings. The van der Waals surface area contributed by atoms with E-state index in [-0.39, 0.29) is 22.8 Å². The molecule has 0 aliphatic carbocycles. The molecule has 0 N–H and O–H groups in total. The molecule has 0 fully saturated rings. The molecule has 0 spiro atoms. The third-order valence-corrected chi connectivity index (χ3v) is 1.21. The fourth-order valence-corrected chi connectivity index (χ4v) is 0.433. The second kappa shape index (κ2) is 2.96. The van der Waals surface area contributed by atoms with Gasteiger partial charge in [-0.15, -0.1) is 0 Å². The van der Waals surface area contributed by atoms with Crippen LogP contribution in [0.15, 0.2) is 12.7 Å². The van der Waals surface area contributed by atoms with E-state index in [1.807, 2.05) is 0 Å². The van der Waals surface area contributed by atoms with Crippen molar-refractivity contribution in [2.24, 2.45) is 0 Å². The van der Waals surface area contributed by atoms with Gasteiger partial charge < -0.3 is 0 Å². The second-order valence-electron chi connectivity index (χ2n) is 0.727. The molecule has 0 atom stereocenters. The van der Waals surface area contributed by atoms with Gasteiger partial charge in [-0.3, -0.25) is 0 Å². The average molecular weight is 147 g/mol. The van der Waals surface area contributed by atoms with Crippen LogP contribution in [0.25, 0.3) is 0 Å². The molecule has 3 heteroatoms. The van der Waals surface area contributed by atoms with Gasteiger partial charge in [0.1, 0.15) is 0 Å². The molecule has 0 amide bonds. The van der Waals surface area contributed by atoms with Gasteiger partial charge >= 0.3 is 44.0 Å². The van der Waals surface area contributed by atoms with Crippen LogP contribution in [0, 0.1) is 0 Å². The number of rotatable bonds is 1. The molecule has 0 saturated heterocycles. The third-order valence-electron chi connectivity index (χ3n) is 0.368. The van der Waals surface area contributed by atoms with Gasteiger partial charge in [-0.25, -0.2) is 0 Å². The maximum atomic E-state index is 9.89. The first kappa shape index (κ1) is 5.75. The van der Waals surface area contributed by atoms with Crippen LogP contribution in [-0.4, -0.2) is 22.8 Å². The Morgan fingerprint density at radius 3 is 2.50 bits per heavy atom. The number of carbonyl (C=O) groups excluding carboxylic acids is 1. The van der Waals surface area contributed by atoms with Crippen LogP contribution in [0.1, 0.15) is 0 Å². The van der Waals surface area contributed by atoms with Crippen LogP contribution < -0.4 is 0 Å². The fourth-order valence-electron chi connectivity index (χ4n) is 0.0833. The van der Waals surface area contributed by atoms with Crippen molar-refractivity contribution in [1.29, 1.82) is 0 Å². The van der Waals surface area contributed by atoms with Crippen LogP contribution in [0.4, 0.5) is 0 Å². The van der Waals surface area contributed by atoms with Crippen LogP contribution in [-0.2, 0) is 8.56 Å². The first-order valence-electron chi connectivity index (χ1n) is 1.51. The van der Waals surface area contributed by atoms with E-state index >= 15 is 0 Å². The van der Waals surface area contributed by atoms with Crippen LogP contribution in [0.5, 0.6) is 0 Å². The van der Waals surface area contributed by atoms with Gasteiger partial charge in [0.05, 0.1) is 0 Å². The third kappa shape index (κ3) is 2.02. The van der Waals surface area contributed by atoms with E-state index in [1.165, 1.54) is 0 Å². The number of carbonyl (C=O) groups is 1. The predicted molar refractivity (Wildman–Crippen MR) is 26.2 cm³/mol. The minimum absolute atomic E-state index is 0.165. The quantitative estimate of drug-likeness (QED) is 0.351. The van der Waals surface area contributed by atoms with Gasteiger partial charge in [0.25, 0.3) is 0 Å². The van der Waals surface area contributed by atoms with Gasteiger partial charge in [-0.05, 0) is 0 Å². The van der Waals surface area contributed by atoms with E-state index < -0.39 is 0 Å². The normalized spacial score (nSPS) is 7.33. The van der Waals surface area contributed by atoms with E-state index in [1.54, 1.807) is 0 Å². The summed E-state index contributed by atoms with van der Waals surface area (Å²) in [5.74, 6) is -0.310. The minimum atomic E-state index is -0.310. The van der Waals surface area contributed by atoms with Crippen molar-refractivity contribution in [3.05, 3.63) is 12.7 Å². The molecule has 0 aliphatic heterocycles. The Bertz CT molecular complexity index is 69.2. The zero-order valence-electron chi connectivity index (χ0n) is 3.60. The molecular formula is C3H6GeO2. The van der Waals surface area contributed by atoms with Gasteiger partial charge in [0, 0.05) is 0 Å². The molecule has 0 aromatic carbocycles. The van der Waals surface area contributed by atoms with Crippen molar-refractivity contribution in [2.45, 2.75) is 0 Å². The van der Waals surface area contributed by atoms with Crippen molar-refractivity contribution in [1.82, 2.24) is 0 Å². The molecule has 0 saturated carbocycles. The van der Waals surface area contributed by atoms with Crippen molar-refractivity contribution >= 4 is 22.8 Å². The summed E-state index contributed by atoms with van der Waals surface area (Å²) in [7, 11) is 0. The monoisotopic (exact) mass is 148 g/mol. The molecule has 6 heavy (non-hydrogen) atoms. The standard InChI is InChI=1S/C3H6GeO2/c1-2-3(5)6-4/h2H,1H2,4H3. The first-order chi connectivity index (χ1) is 2.81. The molecule has 0 rings (SSSR count). The summed E-state index contributed by atoms with van der Waals surface area (Å²) in [5, 5.41) is 0. The van der Waals surface area contributed by atoms with Gasteiger partial charge in [0.15, 0.2) is 0 Å². The molecular weight excluding hydrogens is 141 g/mol. The van der Waals surface area contributed by atoms with Crippen molar-refractivity contribution in [3.8, 4) is 0 Å². The van der Waals surface area contributed by atoms with E-state index in [0.29, 0.717) is 0 Å². The van der Waals surface area contributed by atoms with Crippen molar-refractivity contribution in [3.63, 3.8) is 0 Å². The van der Waals surface area contributed by atoms with E-state index in [9.17, 15) is 4.79 Å². The molecule has 0 unspecified atom stereocenters. The van der Waals surface area contributed by atoms with Gasteiger partial charge in [0.2, 0.25) is 0 Å². The van der Waals surface area contributed by atoms with Crippen LogP contribution >= 0.6 is 0 Å². The Labute approximate surface area is 44.7 Å². The molecule has 0 radical (unpaired) electrons. The summed E-state index contributed by atoms with van der Waals surface area (Å²) in [6, 6.07) is 0. The molecule has 0 bridgehead atoms. The summed E-state index contributed by atoms with van der Waals surface area (Å²) in [4.78, 5) is 9.89. The zero-order chi connectivity index (χ0) is 4.99. The molecule has 34 valence electrons. The molecule has 0 aromatic rings. The van der Waals surface area contributed by atoms with E-state index in [4.69, 9.17) is 0 Å². The molecule has 0 aromatic heterocycles. The van der Waals surface area contributed by atoms with Crippen LogP contribution in [0.2, 0.25) is 0 Å². The van der Waals surface area contributed by atoms with Gasteiger partial charge in [-0.2, -0.15) is 0 Å². The average Bonchev–Trinajstić information content (AvgIpc) is 1.65. The maximum absolute atomic E-state index is 9.89. The van der Waals surface area contributed by atoms with E-state index in [0.717, 1.165) is 6.08 Å².